The van der Waals surface area contributed by atoms with Crippen LogP contribution in [-0.2, 0) is 11.3 Å². The normalized spacial score (nSPS) is 10.5. The number of benzene rings is 2. The second kappa shape index (κ2) is 8.39. The molecule has 0 heterocycles. The van der Waals surface area contributed by atoms with Crippen LogP contribution in [0.5, 0.6) is 5.75 Å². The minimum atomic E-state index is -0.0276. The number of carbonyl (C=O) groups is 1. The number of hydrogen-bond donors (Lipinski definition) is 2. The summed E-state index contributed by atoms with van der Waals surface area (Å²) < 4.78 is 5.61. The van der Waals surface area contributed by atoms with E-state index in [-0.39, 0.29) is 18.6 Å². The number of aryl methyl sites for hydroxylation is 2. The van der Waals surface area contributed by atoms with Gasteiger partial charge in [0.25, 0.3) is 0 Å². The molecule has 0 spiro atoms. The average Bonchev–Trinajstić information content (AvgIpc) is 2.53. The van der Waals surface area contributed by atoms with E-state index < -0.39 is 0 Å². The van der Waals surface area contributed by atoms with Crippen LogP contribution in [0.4, 0.5) is 5.69 Å². The molecule has 0 aliphatic heterocycles. The fourth-order valence-electron chi connectivity index (χ4n) is 2.48. The fourth-order valence-corrected chi connectivity index (χ4v) is 2.48. The Balaban J connectivity index is 1.81. The molecule has 2 rings (SSSR count). The summed E-state index contributed by atoms with van der Waals surface area (Å²) in [7, 11) is 0. The molecule has 0 fully saturated rings. The van der Waals surface area contributed by atoms with Crippen molar-refractivity contribution >= 4 is 11.6 Å². The molecule has 1 amide bonds. The van der Waals surface area contributed by atoms with E-state index in [1.807, 2.05) is 70.2 Å². The number of anilines is 1. The standard InChI is InChI=1S/C20H26N2O2/c1-14(2)24-18-10-8-17(9-11-18)12-21-19(23)13-22-20-15(3)6-5-7-16(20)4/h5-11,14,22H,12-13H2,1-4H3,(H,21,23). The maximum absolute atomic E-state index is 12.0. The summed E-state index contributed by atoms with van der Waals surface area (Å²) in [5.41, 5.74) is 4.36. The van der Waals surface area contributed by atoms with E-state index in [1.165, 1.54) is 0 Å². The van der Waals surface area contributed by atoms with Crippen LogP contribution >= 0.6 is 0 Å². The van der Waals surface area contributed by atoms with Gasteiger partial charge in [0, 0.05) is 12.2 Å². The Labute approximate surface area is 144 Å². The van der Waals surface area contributed by atoms with Gasteiger partial charge in [0.2, 0.25) is 5.91 Å². The topological polar surface area (TPSA) is 50.4 Å². The van der Waals surface area contributed by atoms with E-state index in [2.05, 4.69) is 10.6 Å². The zero-order valence-corrected chi connectivity index (χ0v) is 14.8. The molecule has 0 saturated heterocycles. The van der Waals surface area contributed by atoms with Crippen molar-refractivity contribution in [3.8, 4) is 5.75 Å². The number of rotatable bonds is 7. The lowest BCUT2D eigenvalue weighted by Crippen LogP contribution is -2.29. The first-order valence-corrected chi connectivity index (χ1v) is 8.28. The molecule has 4 nitrogen and oxygen atoms in total. The van der Waals surface area contributed by atoms with Gasteiger partial charge in [-0.15, -0.1) is 0 Å². The molecule has 2 N–H and O–H groups in total. The highest BCUT2D eigenvalue weighted by atomic mass is 16.5. The highest BCUT2D eigenvalue weighted by Gasteiger charge is 2.05. The molecule has 0 aliphatic rings. The van der Waals surface area contributed by atoms with E-state index >= 15 is 0 Å². The van der Waals surface area contributed by atoms with Crippen LogP contribution in [-0.4, -0.2) is 18.6 Å². The van der Waals surface area contributed by atoms with Crippen LogP contribution in [0, 0.1) is 13.8 Å². The van der Waals surface area contributed by atoms with E-state index in [1.54, 1.807) is 0 Å². The predicted molar refractivity (Wildman–Crippen MR) is 98.5 cm³/mol. The number of amides is 1. The van der Waals surface area contributed by atoms with Gasteiger partial charge in [0.15, 0.2) is 0 Å². The molecule has 4 heteroatoms. The molecule has 0 aromatic heterocycles. The van der Waals surface area contributed by atoms with Crippen molar-refractivity contribution in [3.63, 3.8) is 0 Å². The second-order valence-electron chi connectivity index (χ2n) is 6.21. The smallest absolute Gasteiger partial charge is 0.239 e. The van der Waals surface area contributed by atoms with Gasteiger partial charge >= 0.3 is 0 Å². The van der Waals surface area contributed by atoms with Gasteiger partial charge in [-0.1, -0.05) is 30.3 Å². The Kier molecular flexibility index (Phi) is 6.24. The molecule has 0 saturated carbocycles. The molecule has 2 aromatic carbocycles. The average molecular weight is 326 g/mol. The zero-order valence-electron chi connectivity index (χ0n) is 14.8. The summed E-state index contributed by atoms with van der Waals surface area (Å²) >= 11 is 0. The summed E-state index contributed by atoms with van der Waals surface area (Å²) in [6, 6.07) is 13.9. The Hall–Kier alpha value is -2.49. The van der Waals surface area contributed by atoms with Crippen LogP contribution < -0.4 is 15.4 Å². The van der Waals surface area contributed by atoms with E-state index in [0.29, 0.717) is 6.54 Å². The monoisotopic (exact) mass is 326 g/mol. The van der Waals surface area contributed by atoms with E-state index in [9.17, 15) is 4.79 Å². The first-order chi connectivity index (χ1) is 11.5. The van der Waals surface area contributed by atoms with Crippen LogP contribution in [0.25, 0.3) is 0 Å². The molecule has 0 aliphatic carbocycles. The van der Waals surface area contributed by atoms with Crippen molar-refractivity contribution in [1.29, 1.82) is 0 Å². The van der Waals surface area contributed by atoms with Gasteiger partial charge in [-0.05, 0) is 56.5 Å². The van der Waals surface area contributed by atoms with Crippen molar-refractivity contribution in [2.24, 2.45) is 0 Å². The summed E-state index contributed by atoms with van der Waals surface area (Å²) in [5, 5.41) is 6.14. The molecule has 24 heavy (non-hydrogen) atoms. The maximum Gasteiger partial charge on any atom is 0.239 e. The van der Waals surface area contributed by atoms with Crippen molar-refractivity contribution in [2.45, 2.75) is 40.3 Å². The lowest BCUT2D eigenvalue weighted by atomic mass is 10.1. The van der Waals surface area contributed by atoms with Crippen molar-refractivity contribution in [3.05, 3.63) is 59.2 Å². The lowest BCUT2D eigenvalue weighted by molar-refractivity contribution is -0.119. The van der Waals surface area contributed by atoms with Crippen LogP contribution in [0.2, 0.25) is 0 Å². The Morgan fingerprint density at radius 2 is 1.67 bits per heavy atom. The molecular weight excluding hydrogens is 300 g/mol. The van der Waals surface area contributed by atoms with Gasteiger partial charge in [-0.3, -0.25) is 4.79 Å². The van der Waals surface area contributed by atoms with Gasteiger partial charge in [0.1, 0.15) is 5.75 Å². The maximum atomic E-state index is 12.0. The van der Waals surface area contributed by atoms with Crippen molar-refractivity contribution in [1.82, 2.24) is 5.32 Å². The fraction of sp³-hybridized carbons (Fsp3) is 0.350. The summed E-state index contributed by atoms with van der Waals surface area (Å²) in [4.78, 5) is 12.0. The van der Waals surface area contributed by atoms with Crippen LogP contribution in [0.1, 0.15) is 30.5 Å². The summed E-state index contributed by atoms with van der Waals surface area (Å²) in [6.07, 6.45) is 0.159. The van der Waals surface area contributed by atoms with Crippen LogP contribution in [0.3, 0.4) is 0 Å². The number of para-hydroxylation sites is 1. The molecular formula is C20H26N2O2. The molecule has 0 radical (unpaired) electrons. The third-order valence-corrected chi connectivity index (χ3v) is 3.69. The quantitative estimate of drug-likeness (QED) is 0.813. The third kappa shape index (κ3) is 5.30. The van der Waals surface area contributed by atoms with Crippen molar-refractivity contribution in [2.75, 3.05) is 11.9 Å². The first-order valence-electron chi connectivity index (χ1n) is 8.28. The predicted octanol–water partition coefficient (Wildman–Crippen LogP) is 3.82. The minimum Gasteiger partial charge on any atom is -0.491 e. The minimum absolute atomic E-state index is 0.0276. The molecule has 0 unspecified atom stereocenters. The summed E-state index contributed by atoms with van der Waals surface area (Å²) in [6.45, 7) is 8.84. The number of hydrogen-bond acceptors (Lipinski definition) is 3. The SMILES string of the molecule is Cc1cccc(C)c1NCC(=O)NCc1ccc(OC(C)C)cc1. The van der Waals surface area contributed by atoms with Gasteiger partial charge in [-0.2, -0.15) is 0 Å². The van der Waals surface area contributed by atoms with Gasteiger partial charge in [-0.25, -0.2) is 0 Å². The zero-order chi connectivity index (χ0) is 17.5. The second-order valence-corrected chi connectivity index (χ2v) is 6.21. The largest absolute Gasteiger partial charge is 0.491 e. The lowest BCUT2D eigenvalue weighted by Gasteiger charge is -2.13. The Morgan fingerprint density at radius 1 is 1.04 bits per heavy atom. The van der Waals surface area contributed by atoms with Gasteiger partial charge in [0.05, 0.1) is 12.6 Å². The molecule has 0 atom stereocenters. The first kappa shape index (κ1) is 17.9. The number of carbonyl (C=O) groups excluding carboxylic acids is 1. The molecule has 0 bridgehead atoms. The molecule has 128 valence electrons. The molecule has 2 aromatic rings. The highest BCUT2D eigenvalue weighted by molar-refractivity contribution is 5.81. The summed E-state index contributed by atoms with van der Waals surface area (Å²) in [5.74, 6) is 0.817. The Bertz CT molecular complexity index is 658. The third-order valence-electron chi connectivity index (χ3n) is 3.69. The van der Waals surface area contributed by atoms with Crippen LogP contribution in [0.15, 0.2) is 42.5 Å². The highest BCUT2D eigenvalue weighted by Crippen LogP contribution is 2.18. The number of nitrogens with one attached hydrogen (secondary N) is 2. The van der Waals surface area contributed by atoms with Gasteiger partial charge < -0.3 is 15.4 Å². The van der Waals surface area contributed by atoms with Crippen molar-refractivity contribution < 1.29 is 9.53 Å². The van der Waals surface area contributed by atoms with E-state index in [0.717, 1.165) is 28.1 Å². The Morgan fingerprint density at radius 3 is 2.25 bits per heavy atom. The van der Waals surface area contributed by atoms with E-state index in [4.69, 9.17) is 4.74 Å². The number of ether oxygens (including phenoxy) is 1.